The van der Waals surface area contributed by atoms with Crippen LogP contribution in [0.4, 0.5) is 0 Å². The van der Waals surface area contributed by atoms with Gasteiger partial charge >= 0.3 is 5.97 Å². The van der Waals surface area contributed by atoms with Gasteiger partial charge in [-0.05, 0) is 27.3 Å². The van der Waals surface area contributed by atoms with Crippen LogP contribution in [0.25, 0.3) is 0 Å². The van der Waals surface area contributed by atoms with Gasteiger partial charge in [0.25, 0.3) is 0 Å². The first kappa shape index (κ1) is 14.4. The lowest BCUT2D eigenvalue weighted by Crippen LogP contribution is -2.35. The second-order valence-electron chi connectivity index (χ2n) is 4.06. The van der Waals surface area contributed by atoms with Gasteiger partial charge < -0.3 is 14.7 Å². The minimum atomic E-state index is -0.738. The van der Waals surface area contributed by atoms with E-state index in [-0.39, 0.29) is 18.6 Å². The van der Waals surface area contributed by atoms with E-state index >= 15 is 0 Å². The van der Waals surface area contributed by atoms with Crippen LogP contribution in [0.5, 0.6) is 0 Å². The van der Waals surface area contributed by atoms with Crippen LogP contribution in [-0.2, 0) is 9.53 Å². The van der Waals surface area contributed by atoms with Crippen LogP contribution in [0.3, 0.4) is 0 Å². The molecule has 4 heteroatoms. The molecule has 0 saturated carbocycles. The van der Waals surface area contributed by atoms with Crippen molar-refractivity contribution in [2.24, 2.45) is 0 Å². The predicted molar refractivity (Wildman–Crippen MR) is 60.0 cm³/mol. The quantitative estimate of drug-likeness (QED) is 0.671. The first-order valence-electron chi connectivity index (χ1n) is 5.51. The van der Waals surface area contributed by atoms with Gasteiger partial charge in [-0.2, -0.15) is 0 Å². The molecule has 0 saturated heterocycles. The molecule has 0 rings (SSSR count). The highest BCUT2D eigenvalue weighted by Gasteiger charge is 2.15. The Balaban J connectivity index is 3.82. The summed E-state index contributed by atoms with van der Waals surface area (Å²) in [6.45, 7) is 7.44. The van der Waals surface area contributed by atoms with Crippen LogP contribution in [0.2, 0.25) is 0 Å². The molecule has 15 heavy (non-hydrogen) atoms. The van der Waals surface area contributed by atoms with Crippen molar-refractivity contribution in [3.05, 3.63) is 0 Å². The second-order valence-corrected chi connectivity index (χ2v) is 4.06. The molecule has 0 bridgehead atoms. The maximum Gasteiger partial charge on any atom is 0.304 e. The zero-order valence-corrected chi connectivity index (χ0v) is 10.2. The minimum absolute atomic E-state index is 0.110. The average Bonchev–Trinajstić information content (AvgIpc) is 2.13. The summed E-state index contributed by atoms with van der Waals surface area (Å²) < 4.78 is 5.42. The third-order valence-corrected chi connectivity index (χ3v) is 2.40. The molecule has 0 aromatic rings. The number of ether oxygens (including phenoxy) is 1. The summed E-state index contributed by atoms with van der Waals surface area (Å²) >= 11 is 0. The summed E-state index contributed by atoms with van der Waals surface area (Å²) in [5, 5.41) is 8.72. The highest BCUT2D eigenvalue weighted by molar-refractivity contribution is 5.67. The highest BCUT2D eigenvalue weighted by atomic mass is 16.5. The van der Waals surface area contributed by atoms with Gasteiger partial charge in [0.15, 0.2) is 0 Å². The number of rotatable bonds is 8. The van der Waals surface area contributed by atoms with E-state index in [0.29, 0.717) is 6.61 Å². The summed E-state index contributed by atoms with van der Waals surface area (Å²) in [6, 6.07) is 0.110. The minimum Gasteiger partial charge on any atom is -0.481 e. The van der Waals surface area contributed by atoms with E-state index in [4.69, 9.17) is 9.84 Å². The molecule has 0 aliphatic heterocycles. The normalized spacial score (nSPS) is 13.5. The SMILES string of the molecule is CCC(CC(=O)O)N(C)CCOC(C)C. The third kappa shape index (κ3) is 7.33. The van der Waals surface area contributed by atoms with Crippen molar-refractivity contribution >= 4 is 5.97 Å². The fourth-order valence-electron chi connectivity index (χ4n) is 1.43. The van der Waals surface area contributed by atoms with Crippen LogP contribution < -0.4 is 0 Å². The number of aliphatic carboxylic acids is 1. The summed E-state index contributed by atoms with van der Waals surface area (Å²) in [4.78, 5) is 12.6. The van der Waals surface area contributed by atoms with E-state index in [1.807, 2.05) is 27.8 Å². The van der Waals surface area contributed by atoms with Gasteiger partial charge in [0.1, 0.15) is 0 Å². The van der Waals surface area contributed by atoms with E-state index in [9.17, 15) is 4.79 Å². The highest BCUT2D eigenvalue weighted by Crippen LogP contribution is 2.06. The summed E-state index contributed by atoms with van der Waals surface area (Å²) in [5.41, 5.74) is 0. The molecule has 1 atom stereocenters. The van der Waals surface area contributed by atoms with Crippen molar-refractivity contribution in [3.8, 4) is 0 Å². The molecule has 0 spiro atoms. The summed E-state index contributed by atoms with van der Waals surface area (Å²) in [5.74, 6) is -0.738. The van der Waals surface area contributed by atoms with Gasteiger partial charge in [-0.15, -0.1) is 0 Å². The van der Waals surface area contributed by atoms with Gasteiger partial charge in [0.05, 0.1) is 19.1 Å². The molecule has 0 heterocycles. The fourth-order valence-corrected chi connectivity index (χ4v) is 1.43. The van der Waals surface area contributed by atoms with Crippen molar-refractivity contribution in [1.82, 2.24) is 4.90 Å². The van der Waals surface area contributed by atoms with E-state index in [2.05, 4.69) is 4.90 Å². The van der Waals surface area contributed by atoms with Gasteiger partial charge in [-0.1, -0.05) is 6.92 Å². The monoisotopic (exact) mass is 217 g/mol. The zero-order valence-electron chi connectivity index (χ0n) is 10.2. The Bertz CT molecular complexity index is 183. The lowest BCUT2D eigenvalue weighted by molar-refractivity contribution is -0.138. The molecule has 4 nitrogen and oxygen atoms in total. The van der Waals surface area contributed by atoms with Crippen molar-refractivity contribution in [2.45, 2.75) is 45.8 Å². The molecule has 90 valence electrons. The molecule has 0 amide bonds. The van der Waals surface area contributed by atoms with Crippen molar-refractivity contribution in [3.63, 3.8) is 0 Å². The van der Waals surface area contributed by atoms with E-state index in [1.165, 1.54) is 0 Å². The molecule has 0 aliphatic carbocycles. The second kappa shape index (κ2) is 7.65. The molecule has 1 unspecified atom stereocenters. The third-order valence-electron chi connectivity index (χ3n) is 2.40. The smallest absolute Gasteiger partial charge is 0.304 e. The van der Waals surface area contributed by atoms with Crippen molar-refractivity contribution in [1.29, 1.82) is 0 Å². The maximum atomic E-state index is 10.6. The maximum absolute atomic E-state index is 10.6. The molecule has 0 aromatic heterocycles. The fraction of sp³-hybridized carbons (Fsp3) is 0.909. The number of carboxylic acids is 1. The number of hydrogen-bond acceptors (Lipinski definition) is 3. The number of hydrogen-bond donors (Lipinski definition) is 1. The molecular weight excluding hydrogens is 194 g/mol. The first-order valence-corrected chi connectivity index (χ1v) is 5.51. The molecule has 0 fully saturated rings. The van der Waals surface area contributed by atoms with Gasteiger partial charge in [0.2, 0.25) is 0 Å². The lowest BCUT2D eigenvalue weighted by atomic mass is 10.1. The van der Waals surface area contributed by atoms with E-state index < -0.39 is 5.97 Å². The lowest BCUT2D eigenvalue weighted by Gasteiger charge is -2.25. The van der Waals surface area contributed by atoms with E-state index in [0.717, 1.165) is 13.0 Å². The Hall–Kier alpha value is -0.610. The number of carbonyl (C=O) groups is 1. The predicted octanol–water partition coefficient (Wildman–Crippen LogP) is 1.60. The molecule has 0 aromatic carbocycles. The van der Waals surface area contributed by atoms with Crippen LogP contribution in [0, 0.1) is 0 Å². The Kier molecular flexibility index (Phi) is 7.34. The zero-order chi connectivity index (χ0) is 11.8. The standard InChI is InChI=1S/C11H23NO3/c1-5-10(8-11(13)14)12(4)6-7-15-9(2)3/h9-10H,5-8H2,1-4H3,(H,13,14). The Labute approximate surface area is 92.2 Å². The summed E-state index contributed by atoms with van der Waals surface area (Å²) in [6.07, 6.45) is 1.29. The van der Waals surface area contributed by atoms with Crippen molar-refractivity contribution < 1.29 is 14.6 Å². The Morgan fingerprint density at radius 2 is 2.07 bits per heavy atom. The van der Waals surface area contributed by atoms with E-state index in [1.54, 1.807) is 0 Å². The van der Waals surface area contributed by atoms with Crippen LogP contribution in [0.15, 0.2) is 0 Å². The summed E-state index contributed by atoms with van der Waals surface area (Å²) in [7, 11) is 1.95. The molecule has 0 aliphatic rings. The molecule has 1 N–H and O–H groups in total. The van der Waals surface area contributed by atoms with Crippen molar-refractivity contribution in [2.75, 3.05) is 20.2 Å². The van der Waals surface area contributed by atoms with Crippen LogP contribution >= 0.6 is 0 Å². The largest absolute Gasteiger partial charge is 0.481 e. The number of likely N-dealkylation sites (N-methyl/N-ethyl adjacent to an activating group) is 1. The molecule has 0 radical (unpaired) electrons. The molecular formula is C11H23NO3. The number of carboxylic acid groups (broad SMARTS) is 1. The van der Waals surface area contributed by atoms with Gasteiger partial charge in [-0.25, -0.2) is 0 Å². The Morgan fingerprint density at radius 3 is 2.47 bits per heavy atom. The number of nitrogens with zero attached hydrogens (tertiary/aromatic N) is 1. The van der Waals surface area contributed by atoms with Crippen LogP contribution in [-0.4, -0.2) is 48.3 Å². The first-order chi connectivity index (χ1) is 6.97. The van der Waals surface area contributed by atoms with Gasteiger partial charge in [-0.3, -0.25) is 4.79 Å². The topological polar surface area (TPSA) is 49.8 Å². The average molecular weight is 217 g/mol. The van der Waals surface area contributed by atoms with Crippen LogP contribution in [0.1, 0.15) is 33.6 Å². The van der Waals surface area contributed by atoms with Gasteiger partial charge in [0, 0.05) is 12.6 Å². The Morgan fingerprint density at radius 1 is 1.47 bits per heavy atom.